The first kappa shape index (κ1) is 28.6. The second-order valence-corrected chi connectivity index (χ2v) is 9.12. The number of hydrogen-bond donors (Lipinski definition) is 2. The molecule has 0 unspecified atom stereocenters. The number of nitrogens with zero attached hydrogens (tertiary/aromatic N) is 2. The molecular formula is C29H23N3O8S. The summed E-state index contributed by atoms with van der Waals surface area (Å²) in [7, 11) is 1.44. The fourth-order valence-electron chi connectivity index (χ4n) is 4.10. The van der Waals surface area contributed by atoms with Gasteiger partial charge < -0.3 is 14.6 Å². The second-order valence-electron chi connectivity index (χ2n) is 8.73. The Morgan fingerprint density at radius 3 is 2.54 bits per heavy atom. The maximum atomic E-state index is 13.4. The average Bonchev–Trinajstić information content (AvgIpc) is 2.94. The Bertz CT molecular complexity index is 1610. The molecule has 208 valence electrons. The molecule has 12 heteroatoms. The number of allylic oxidation sites excluding steroid dienone is 1. The first-order valence-electron chi connectivity index (χ1n) is 12.1. The number of anilines is 1. The zero-order valence-electron chi connectivity index (χ0n) is 21.7. The van der Waals surface area contributed by atoms with Crippen LogP contribution in [0.1, 0.15) is 27.0 Å². The maximum Gasteiger partial charge on any atom is 0.335 e. The molecule has 0 atom stereocenters. The summed E-state index contributed by atoms with van der Waals surface area (Å²) in [5, 5.41) is 22.5. The highest BCUT2D eigenvalue weighted by Crippen LogP contribution is 2.35. The van der Waals surface area contributed by atoms with Gasteiger partial charge in [0.15, 0.2) is 16.6 Å². The first-order valence-corrected chi connectivity index (χ1v) is 12.5. The molecule has 0 radical (unpaired) electrons. The van der Waals surface area contributed by atoms with Crippen molar-refractivity contribution in [3.63, 3.8) is 0 Å². The molecule has 0 aromatic heterocycles. The fourth-order valence-corrected chi connectivity index (χ4v) is 4.38. The van der Waals surface area contributed by atoms with E-state index < -0.39 is 22.7 Å². The van der Waals surface area contributed by atoms with Crippen LogP contribution in [0.3, 0.4) is 0 Å². The summed E-state index contributed by atoms with van der Waals surface area (Å²) in [6.45, 7) is 3.88. The van der Waals surface area contributed by atoms with Crippen LogP contribution in [0.2, 0.25) is 0 Å². The number of carboxylic acids is 1. The van der Waals surface area contributed by atoms with E-state index in [4.69, 9.17) is 21.7 Å². The number of aromatic carboxylic acids is 1. The van der Waals surface area contributed by atoms with Gasteiger partial charge in [0.2, 0.25) is 0 Å². The Balaban J connectivity index is 1.68. The Morgan fingerprint density at radius 1 is 1.17 bits per heavy atom. The van der Waals surface area contributed by atoms with Gasteiger partial charge in [-0.15, -0.1) is 6.58 Å². The number of nitrogens with one attached hydrogen (secondary N) is 1. The van der Waals surface area contributed by atoms with Gasteiger partial charge in [-0.05, 0) is 78.3 Å². The molecule has 2 N–H and O–H groups in total. The van der Waals surface area contributed by atoms with Gasteiger partial charge in [-0.3, -0.25) is 29.9 Å². The number of nitro benzene ring substituents is 1. The number of rotatable bonds is 10. The van der Waals surface area contributed by atoms with Crippen LogP contribution in [0.25, 0.3) is 6.08 Å². The van der Waals surface area contributed by atoms with Crippen molar-refractivity contribution in [3.8, 4) is 11.5 Å². The molecule has 2 amide bonds. The molecule has 41 heavy (non-hydrogen) atoms. The number of hydrogen-bond acceptors (Lipinski definition) is 8. The number of non-ortho nitro benzene ring substituents is 1. The topological polar surface area (TPSA) is 148 Å². The van der Waals surface area contributed by atoms with E-state index in [1.165, 1.54) is 49.6 Å². The van der Waals surface area contributed by atoms with Crippen molar-refractivity contribution >= 4 is 52.6 Å². The number of carbonyl (C=O) groups excluding carboxylic acids is 2. The van der Waals surface area contributed by atoms with Gasteiger partial charge >= 0.3 is 5.97 Å². The van der Waals surface area contributed by atoms with E-state index in [2.05, 4.69) is 11.9 Å². The molecule has 3 aromatic rings. The Hall–Kier alpha value is -5.36. The standard InChI is InChI=1S/C29H23N3O8S/c1-3-5-19-12-18(14-24(39-2)25(19)40-16-17-8-10-21(11-9-17)32(37)38)13-23-26(33)30-29(41)31(27(23)34)22-7-4-6-20(15-22)28(35)36/h3-4,6-15H,1,5,16H2,2H3,(H,35,36)(H,30,33,41). The van der Waals surface area contributed by atoms with Crippen LogP contribution in [0.5, 0.6) is 11.5 Å². The van der Waals surface area contributed by atoms with Crippen LogP contribution >= 0.6 is 12.2 Å². The summed E-state index contributed by atoms with van der Waals surface area (Å²) < 4.78 is 11.6. The molecular weight excluding hydrogens is 550 g/mol. The van der Waals surface area contributed by atoms with Crippen LogP contribution in [-0.4, -0.2) is 40.0 Å². The van der Waals surface area contributed by atoms with Crippen molar-refractivity contribution in [2.75, 3.05) is 12.0 Å². The van der Waals surface area contributed by atoms with E-state index in [0.717, 1.165) is 4.90 Å². The lowest BCUT2D eigenvalue weighted by atomic mass is 10.0. The Morgan fingerprint density at radius 2 is 1.90 bits per heavy atom. The number of carbonyl (C=O) groups is 3. The third kappa shape index (κ3) is 6.28. The summed E-state index contributed by atoms with van der Waals surface area (Å²) >= 11 is 5.21. The van der Waals surface area contributed by atoms with Crippen molar-refractivity contribution in [2.45, 2.75) is 13.0 Å². The first-order chi connectivity index (χ1) is 19.6. The third-order valence-corrected chi connectivity index (χ3v) is 6.32. The van der Waals surface area contributed by atoms with Crippen molar-refractivity contribution < 1.29 is 33.9 Å². The zero-order valence-corrected chi connectivity index (χ0v) is 22.5. The normalized spacial score (nSPS) is 14.0. The van der Waals surface area contributed by atoms with E-state index in [1.54, 1.807) is 30.3 Å². The molecule has 1 heterocycles. The number of carboxylic acid groups (broad SMARTS) is 1. The van der Waals surface area contributed by atoms with E-state index in [-0.39, 0.29) is 34.2 Å². The van der Waals surface area contributed by atoms with E-state index in [9.17, 15) is 29.6 Å². The van der Waals surface area contributed by atoms with Crippen LogP contribution in [0, 0.1) is 10.1 Å². The van der Waals surface area contributed by atoms with Gasteiger partial charge in [0.05, 0.1) is 23.3 Å². The Labute approximate surface area is 239 Å². The van der Waals surface area contributed by atoms with Gasteiger partial charge in [-0.2, -0.15) is 0 Å². The number of thiocarbonyl (C=S) groups is 1. The van der Waals surface area contributed by atoms with Crippen molar-refractivity contribution in [2.24, 2.45) is 0 Å². The monoisotopic (exact) mass is 573 g/mol. The molecule has 0 bridgehead atoms. The number of nitro groups is 1. The highest BCUT2D eigenvalue weighted by atomic mass is 32.1. The molecule has 1 fully saturated rings. The van der Waals surface area contributed by atoms with Crippen molar-refractivity contribution in [1.29, 1.82) is 0 Å². The minimum absolute atomic E-state index is 0.0358. The molecule has 0 aliphatic carbocycles. The highest BCUT2D eigenvalue weighted by Gasteiger charge is 2.35. The predicted molar refractivity (Wildman–Crippen MR) is 154 cm³/mol. The Kier molecular flexibility index (Phi) is 8.54. The van der Waals surface area contributed by atoms with E-state index in [1.807, 2.05) is 0 Å². The maximum absolute atomic E-state index is 13.4. The largest absolute Gasteiger partial charge is 0.493 e. The fraction of sp³-hybridized carbons (Fsp3) is 0.103. The third-order valence-electron chi connectivity index (χ3n) is 6.03. The van der Waals surface area contributed by atoms with Gasteiger partial charge in [0, 0.05) is 17.7 Å². The second kappa shape index (κ2) is 12.2. The quantitative estimate of drug-likeness (QED) is 0.0897. The van der Waals surface area contributed by atoms with E-state index in [0.29, 0.717) is 34.6 Å². The summed E-state index contributed by atoms with van der Waals surface area (Å²) in [6, 6.07) is 14.9. The molecule has 4 rings (SSSR count). The van der Waals surface area contributed by atoms with Crippen LogP contribution in [0.15, 0.2) is 78.9 Å². The number of ether oxygens (including phenoxy) is 2. The number of methoxy groups -OCH3 is 1. The molecule has 1 saturated heterocycles. The predicted octanol–water partition coefficient (Wildman–Crippen LogP) is 4.44. The van der Waals surface area contributed by atoms with Gasteiger partial charge in [-0.25, -0.2) is 4.79 Å². The minimum Gasteiger partial charge on any atom is -0.493 e. The van der Waals surface area contributed by atoms with Crippen LogP contribution in [-0.2, 0) is 22.6 Å². The molecule has 3 aromatic carbocycles. The lowest BCUT2D eigenvalue weighted by Gasteiger charge is -2.29. The van der Waals surface area contributed by atoms with Crippen LogP contribution in [0.4, 0.5) is 11.4 Å². The summed E-state index contributed by atoms with van der Waals surface area (Å²) in [5.41, 5.74) is 1.66. The SMILES string of the molecule is C=CCc1cc(C=C2C(=O)NC(=S)N(c3cccc(C(=O)O)c3)C2=O)cc(OC)c1OCc1ccc([N+](=O)[O-])cc1. The van der Waals surface area contributed by atoms with Gasteiger partial charge in [-0.1, -0.05) is 12.1 Å². The van der Waals surface area contributed by atoms with E-state index >= 15 is 0 Å². The minimum atomic E-state index is -1.18. The van der Waals surface area contributed by atoms with Crippen molar-refractivity contribution in [3.05, 3.63) is 111 Å². The van der Waals surface area contributed by atoms with Gasteiger partial charge in [0.1, 0.15) is 12.2 Å². The van der Waals surface area contributed by atoms with Crippen molar-refractivity contribution in [1.82, 2.24) is 5.32 Å². The number of amides is 2. The number of benzene rings is 3. The molecule has 0 spiro atoms. The zero-order chi connectivity index (χ0) is 29.7. The lowest BCUT2D eigenvalue weighted by molar-refractivity contribution is -0.384. The molecule has 11 nitrogen and oxygen atoms in total. The molecule has 1 aliphatic rings. The summed E-state index contributed by atoms with van der Waals surface area (Å²) in [5.74, 6) is -1.90. The van der Waals surface area contributed by atoms with Gasteiger partial charge in [0.25, 0.3) is 17.5 Å². The smallest absolute Gasteiger partial charge is 0.335 e. The summed E-state index contributed by atoms with van der Waals surface area (Å²) in [6.07, 6.45) is 3.39. The molecule has 0 saturated carbocycles. The molecule has 1 aliphatic heterocycles. The van der Waals surface area contributed by atoms with Crippen LogP contribution < -0.4 is 19.7 Å². The average molecular weight is 574 g/mol. The highest BCUT2D eigenvalue weighted by molar-refractivity contribution is 7.80. The lowest BCUT2D eigenvalue weighted by Crippen LogP contribution is -2.54. The summed E-state index contributed by atoms with van der Waals surface area (Å²) in [4.78, 5) is 49.2.